The molecule has 0 heterocycles. The van der Waals surface area contributed by atoms with Crippen LogP contribution in [0.3, 0.4) is 0 Å². The Morgan fingerprint density at radius 2 is 1.27 bits per heavy atom. The molecule has 0 rings (SSSR count). The Labute approximate surface area is 60.2 Å². The molecule has 0 aromatic rings. The zero-order chi connectivity index (χ0) is 9.28. The fraction of sp³-hybridized carbons (Fsp3) is 1.00. The van der Waals surface area contributed by atoms with E-state index in [4.69, 9.17) is 0 Å². The van der Waals surface area contributed by atoms with Gasteiger partial charge in [-0.1, -0.05) is 8.96 Å². The van der Waals surface area contributed by atoms with Crippen LogP contribution in [-0.4, -0.2) is 16.2 Å². The van der Waals surface area contributed by atoms with E-state index in [2.05, 4.69) is 0 Å². The molecule has 0 aliphatic heterocycles. The number of rotatable bonds is 2. The lowest BCUT2D eigenvalue weighted by Crippen LogP contribution is -2.34. The van der Waals surface area contributed by atoms with Gasteiger partial charge in [-0.15, -0.1) is 0 Å². The molecule has 0 N–H and O–H groups in total. The number of hydrogen-bond acceptors (Lipinski definition) is 2. The molecule has 0 saturated heterocycles. The lowest BCUT2D eigenvalue weighted by molar-refractivity contribution is -0.241. The van der Waals surface area contributed by atoms with Gasteiger partial charge in [0.15, 0.2) is 0 Å². The van der Waals surface area contributed by atoms with Crippen molar-refractivity contribution in [3.8, 4) is 0 Å². The first-order valence-electron chi connectivity index (χ1n) is 1.92. The minimum atomic E-state index is -5.96. The molecule has 0 bridgehead atoms. The highest BCUT2D eigenvalue weighted by Crippen LogP contribution is 2.45. The Morgan fingerprint density at radius 3 is 1.36 bits per heavy atom. The molecule has 0 radical (unpaired) electrons. The van der Waals surface area contributed by atoms with Crippen molar-refractivity contribution >= 4 is 11.9 Å². The number of hydrogen-bond donors (Lipinski definition) is 0. The van der Waals surface area contributed by atoms with Crippen LogP contribution in [0.5, 0.6) is 0 Å². The second-order valence-electron chi connectivity index (χ2n) is 1.31. The van der Waals surface area contributed by atoms with E-state index >= 15 is 0 Å². The van der Waals surface area contributed by atoms with Crippen LogP contribution in [0.15, 0.2) is 0 Å². The summed E-state index contributed by atoms with van der Waals surface area (Å²) >= 11 is -1.89. The summed E-state index contributed by atoms with van der Waals surface area (Å²) < 4.78 is 75.6. The highest BCUT2D eigenvalue weighted by molar-refractivity contribution is 7.97. The fourth-order valence-electron chi connectivity index (χ4n) is 0.138. The van der Waals surface area contributed by atoms with Crippen LogP contribution in [0.1, 0.15) is 0 Å². The third kappa shape index (κ3) is 3.14. The standard InChI is InChI=1S/C2F7NS/c3-1(4,5)2(6,7)11-10(8)9. The van der Waals surface area contributed by atoms with E-state index in [0.717, 1.165) is 0 Å². The van der Waals surface area contributed by atoms with Crippen molar-refractivity contribution in [1.82, 2.24) is 4.75 Å². The molecule has 0 aliphatic rings. The molecule has 0 atom stereocenters. The Morgan fingerprint density at radius 1 is 0.909 bits per heavy atom. The Bertz CT molecular complexity index is 129. The van der Waals surface area contributed by atoms with Gasteiger partial charge in [0.05, 0.1) is 16.7 Å². The van der Waals surface area contributed by atoms with Crippen molar-refractivity contribution in [2.75, 3.05) is 0 Å². The number of alkyl halides is 5. The second kappa shape index (κ2) is 3.05. The van der Waals surface area contributed by atoms with Crippen molar-refractivity contribution in [3.63, 3.8) is 0 Å². The Kier molecular flexibility index (Phi) is 3.00. The first-order valence-corrected chi connectivity index (χ1v) is 2.69. The third-order valence-corrected chi connectivity index (χ3v) is 1.11. The van der Waals surface area contributed by atoms with E-state index < -0.39 is 28.1 Å². The molecule has 11 heavy (non-hydrogen) atoms. The summed E-state index contributed by atoms with van der Waals surface area (Å²) in [5.41, 5.74) is 0. The van der Waals surface area contributed by atoms with Crippen molar-refractivity contribution in [3.05, 3.63) is 0 Å². The minimum Gasteiger partial charge on any atom is -0.182 e. The smallest absolute Gasteiger partial charge is 0.182 e. The minimum absolute atomic E-state index is 1.89. The first-order chi connectivity index (χ1) is 4.67. The highest BCUT2D eigenvalue weighted by Gasteiger charge is 2.60. The molecule has 1 nitrogen and oxygen atoms in total. The van der Waals surface area contributed by atoms with Gasteiger partial charge >= 0.3 is 11.4 Å². The predicted octanol–water partition coefficient (Wildman–Crippen LogP) is 2.86. The maximum atomic E-state index is 11.5. The molecule has 0 spiro atoms. The van der Waals surface area contributed by atoms with Gasteiger partial charge in [0.25, 0.3) is 0 Å². The lowest BCUT2D eigenvalue weighted by Gasteiger charge is -2.17. The second-order valence-corrected chi connectivity index (χ2v) is 2.28. The normalized spacial score (nSPS) is 14.2. The molecule has 0 saturated carbocycles. The van der Waals surface area contributed by atoms with Crippen molar-refractivity contribution in [1.29, 1.82) is 0 Å². The van der Waals surface area contributed by atoms with Gasteiger partial charge in [0, 0.05) is 0 Å². The topological polar surface area (TPSA) is 3.24 Å². The average Bonchev–Trinajstić information content (AvgIpc) is 1.56. The third-order valence-electron chi connectivity index (χ3n) is 0.514. The van der Waals surface area contributed by atoms with E-state index in [1.807, 2.05) is 0 Å². The monoisotopic (exact) mass is 203 g/mol. The summed E-state index contributed by atoms with van der Waals surface area (Å²) in [6, 6.07) is 0. The fourth-order valence-corrected chi connectivity index (χ4v) is 0.415. The van der Waals surface area contributed by atoms with E-state index in [1.54, 1.807) is 0 Å². The molecule has 9 heteroatoms. The summed E-state index contributed by atoms with van der Waals surface area (Å²) in [7, 11) is 0. The van der Waals surface area contributed by atoms with Crippen LogP contribution in [-0.2, 0) is 0 Å². The Hall–Kier alpha value is -0.180. The van der Waals surface area contributed by atoms with Crippen LogP contribution in [0.2, 0.25) is 0 Å². The van der Waals surface area contributed by atoms with Crippen LogP contribution in [0.25, 0.3) is 0 Å². The van der Waals surface area contributed by atoms with Crippen molar-refractivity contribution in [2.24, 2.45) is 0 Å². The molecule has 0 aromatic carbocycles. The maximum absolute atomic E-state index is 11.5. The van der Waals surface area contributed by atoms with E-state index in [0.29, 0.717) is 0 Å². The molecular weight excluding hydrogens is 203 g/mol. The van der Waals surface area contributed by atoms with E-state index in [9.17, 15) is 30.9 Å². The molecular formula is C2F7NS. The maximum Gasteiger partial charge on any atom is 0.465 e. The molecule has 0 fully saturated rings. The van der Waals surface area contributed by atoms with Gasteiger partial charge in [-0.3, -0.25) is 0 Å². The van der Waals surface area contributed by atoms with Crippen molar-refractivity contribution in [2.45, 2.75) is 11.4 Å². The molecule has 0 amide bonds. The summed E-state index contributed by atoms with van der Waals surface area (Å²) in [4.78, 5) is 0. The van der Waals surface area contributed by atoms with Crippen LogP contribution in [0, 0.1) is 0 Å². The molecule has 0 unspecified atom stereocenters. The highest BCUT2D eigenvalue weighted by atomic mass is 32.2. The summed E-state index contributed by atoms with van der Waals surface area (Å²) in [6.07, 6.45) is -5.96. The van der Waals surface area contributed by atoms with Crippen LogP contribution >= 0.6 is 11.9 Å². The predicted molar refractivity (Wildman–Crippen MR) is 22.6 cm³/mol. The Balaban J connectivity index is 4.22. The zero-order valence-corrected chi connectivity index (χ0v) is 5.32. The lowest BCUT2D eigenvalue weighted by atomic mass is 10.7. The van der Waals surface area contributed by atoms with Gasteiger partial charge in [0.1, 0.15) is 0 Å². The van der Waals surface area contributed by atoms with E-state index in [1.165, 1.54) is 0 Å². The molecule has 0 aliphatic carbocycles. The van der Waals surface area contributed by atoms with Gasteiger partial charge in [-0.05, 0) is 0 Å². The van der Waals surface area contributed by atoms with Gasteiger partial charge in [0.2, 0.25) is 0 Å². The number of nitrogens with zero attached hydrogens (tertiary/aromatic N) is 1. The van der Waals surface area contributed by atoms with E-state index in [-0.39, 0.29) is 0 Å². The molecule has 68 valence electrons. The summed E-state index contributed by atoms with van der Waals surface area (Å²) in [5.74, 6) is 0. The van der Waals surface area contributed by atoms with Gasteiger partial charge in [-0.25, -0.2) is 0 Å². The largest absolute Gasteiger partial charge is 0.465 e. The first kappa shape index (κ1) is 10.8. The zero-order valence-electron chi connectivity index (χ0n) is 4.50. The summed E-state index contributed by atoms with van der Waals surface area (Å²) in [6.45, 7) is 0. The van der Waals surface area contributed by atoms with Crippen molar-refractivity contribution < 1.29 is 30.9 Å². The number of halogens is 7. The quantitative estimate of drug-likeness (QED) is 0.385. The van der Waals surface area contributed by atoms with Crippen LogP contribution in [0.4, 0.5) is 30.9 Å². The van der Waals surface area contributed by atoms with Crippen LogP contribution < -0.4 is 0 Å². The summed E-state index contributed by atoms with van der Waals surface area (Å²) in [5, 5.41) is -5.45. The molecule has 0 aromatic heterocycles. The average molecular weight is 203 g/mol. The SMILES string of the molecule is FN(F)SC(F)(F)C(F)(F)F. The van der Waals surface area contributed by atoms with Gasteiger partial charge in [-0.2, -0.15) is 22.0 Å². The van der Waals surface area contributed by atoms with Gasteiger partial charge < -0.3 is 0 Å².